The highest BCUT2D eigenvalue weighted by Gasteiger charge is 2.47. The number of carbonyl (C=O) groups excluding carboxylic acids is 3. The fraction of sp³-hybridized carbons (Fsp3) is 0.704. The van der Waals surface area contributed by atoms with Crippen LogP contribution in [-0.4, -0.2) is 58.0 Å². The second-order valence-electron chi connectivity index (χ2n) is 11.8. The predicted octanol–water partition coefficient (Wildman–Crippen LogP) is 2.79. The number of fused-ring (bicyclic) bond motifs is 2. The first-order valence-corrected chi connectivity index (χ1v) is 13.5. The second-order valence-corrected chi connectivity index (χ2v) is 11.8. The highest BCUT2D eigenvalue weighted by Crippen LogP contribution is 2.44. The van der Waals surface area contributed by atoms with E-state index in [-0.39, 0.29) is 42.2 Å². The zero-order valence-corrected chi connectivity index (χ0v) is 23.3. The van der Waals surface area contributed by atoms with Crippen molar-refractivity contribution in [3.63, 3.8) is 0 Å². The van der Waals surface area contributed by atoms with Gasteiger partial charge in [-0.25, -0.2) is 9.48 Å². The van der Waals surface area contributed by atoms with Crippen LogP contribution in [0.2, 0.25) is 0 Å². The molecule has 0 aromatic carbocycles. The van der Waals surface area contributed by atoms with Gasteiger partial charge in [-0.05, 0) is 63.4 Å². The normalized spacial score (nSPS) is 25.3. The zero-order valence-electron chi connectivity index (χ0n) is 23.3. The maximum absolute atomic E-state index is 13.5. The molecular weight excluding hydrogens is 488 g/mol. The number of amides is 3. The van der Waals surface area contributed by atoms with Crippen molar-refractivity contribution >= 4 is 24.1 Å². The molecule has 11 heteroatoms. The van der Waals surface area contributed by atoms with Gasteiger partial charge in [0.05, 0.1) is 23.9 Å². The number of nitrogens with zero attached hydrogens (tertiary/aromatic N) is 2. The Morgan fingerprint density at radius 1 is 1.26 bits per heavy atom. The fourth-order valence-corrected chi connectivity index (χ4v) is 5.52. The third-order valence-electron chi connectivity index (χ3n) is 7.27. The van der Waals surface area contributed by atoms with E-state index in [2.05, 4.69) is 15.7 Å². The quantitative estimate of drug-likeness (QED) is 0.340. The fourth-order valence-electron chi connectivity index (χ4n) is 5.52. The number of ether oxygens (including phenoxy) is 2. The summed E-state index contributed by atoms with van der Waals surface area (Å²) in [5.74, 6) is 0.640. The van der Waals surface area contributed by atoms with Gasteiger partial charge in [0.15, 0.2) is 0 Å². The first-order valence-electron chi connectivity index (χ1n) is 13.5. The van der Waals surface area contributed by atoms with Gasteiger partial charge in [-0.2, -0.15) is 5.10 Å². The number of nitrogens with one attached hydrogen (secondary N) is 2. The van der Waals surface area contributed by atoms with Gasteiger partial charge in [0.1, 0.15) is 12.2 Å². The molecule has 2 atom stereocenters. The Kier molecular flexibility index (Phi) is 9.45. The lowest BCUT2D eigenvalue weighted by molar-refractivity contribution is -0.121. The van der Waals surface area contributed by atoms with Crippen molar-refractivity contribution in [3.8, 4) is 5.88 Å². The molecule has 2 fully saturated rings. The number of aromatic nitrogens is 2. The van der Waals surface area contributed by atoms with E-state index in [9.17, 15) is 14.4 Å². The van der Waals surface area contributed by atoms with E-state index in [1.807, 2.05) is 33.8 Å². The lowest BCUT2D eigenvalue weighted by Crippen LogP contribution is -2.60. The van der Waals surface area contributed by atoms with Crippen LogP contribution in [0.5, 0.6) is 5.88 Å². The molecule has 3 amide bonds. The Morgan fingerprint density at radius 3 is 2.50 bits per heavy atom. The Bertz CT molecular complexity index is 1020. The van der Waals surface area contributed by atoms with E-state index in [0.717, 1.165) is 19.3 Å². The van der Waals surface area contributed by atoms with Crippen molar-refractivity contribution in [1.82, 2.24) is 20.4 Å². The molecule has 2 unspecified atom stereocenters. The lowest BCUT2D eigenvalue weighted by Gasteiger charge is -2.50. The van der Waals surface area contributed by atoms with E-state index >= 15 is 0 Å². The van der Waals surface area contributed by atoms with Crippen LogP contribution in [0, 0.1) is 17.8 Å². The summed E-state index contributed by atoms with van der Waals surface area (Å²) in [6.07, 6.45) is 8.83. The topological polar surface area (TPSA) is 164 Å². The number of primary amides is 1. The maximum Gasteiger partial charge on any atom is 0.404 e. The molecule has 1 aromatic heterocycles. The molecule has 11 nitrogen and oxygen atoms in total. The van der Waals surface area contributed by atoms with Crippen LogP contribution < -0.4 is 26.8 Å². The molecule has 1 aromatic rings. The number of rotatable bonds is 11. The molecule has 0 spiro atoms. The minimum atomic E-state index is -0.827. The van der Waals surface area contributed by atoms with Crippen LogP contribution in [0.25, 0.3) is 6.20 Å². The van der Waals surface area contributed by atoms with Crippen molar-refractivity contribution in [2.24, 2.45) is 29.2 Å². The Labute approximate surface area is 225 Å². The summed E-state index contributed by atoms with van der Waals surface area (Å²) in [5, 5.41) is 10.6. The second kappa shape index (κ2) is 12.2. The summed E-state index contributed by atoms with van der Waals surface area (Å²) in [4.78, 5) is 36.5. The van der Waals surface area contributed by atoms with Crippen LogP contribution in [0.15, 0.2) is 12.3 Å². The molecule has 2 aliphatic rings. The number of nitrogens with two attached hydrogens (primary N) is 2. The maximum atomic E-state index is 13.5. The molecule has 212 valence electrons. The van der Waals surface area contributed by atoms with Gasteiger partial charge in [0, 0.05) is 18.7 Å². The van der Waals surface area contributed by atoms with Gasteiger partial charge in [-0.1, -0.05) is 27.2 Å². The summed E-state index contributed by atoms with van der Waals surface area (Å²) in [7, 11) is 0. The summed E-state index contributed by atoms with van der Waals surface area (Å²) >= 11 is 0. The standard InChI is InChI=1S/C27H44N6O5/c1-6-21(34)32-26(4,5)10-11-33-24(37-15-17(2)3)20(14-30-33)23(35)31-22-18-8-7-9-19(22)13-27(29,12-18)16-38-25(28)36/h10-11,14,17-19,22H,6-9,12-13,15-16,29H2,1-5H3,(H2,28,36)(H,31,35)(H,32,34)/b11-10+. The first-order chi connectivity index (χ1) is 17.8. The van der Waals surface area contributed by atoms with E-state index < -0.39 is 17.2 Å². The van der Waals surface area contributed by atoms with Gasteiger partial charge >= 0.3 is 6.09 Å². The van der Waals surface area contributed by atoms with Crippen LogP contribution in [-0.2, 0) is 9.53 Å². The molecule has 3 rings (SSSR count). The molecule has 0 aliphatic heterocycles. The van der Waals surface area contributed by atoms with E-state index in [1.165, 1.54) is 10.9 Å². The van der Waals surface area contributed by atoms with E-state index in [4.69, 9.17) is 20.9 Å². The largest absolute Gasteiger partial charge is 0.477 e. The first kappa shape index (κ1) is 29.5. The van der Waals surface area contributed by atoms with Crippen LogP contribution >= 0.6 is 0 Å². The summed E-state index contributed by atoms with van der Waals surface area (Å²) in [5.41, 5.74) is 10.8. The molecule has 0 saturated heterocycles. The molecule has 1 heterocycles. The van der Waals surface area contributed by atoms with Crippen molar-refractivity contribution in [2.45, 2.75) is 90.3 Å². The Balaban J connectivity index is 1.78. The molecular formula is C27H44N6O5. The Hall–Kier alpha value is -3.08. The van der Waals surface area contributed by atoms with E-state index in [0.29, 0.717) is 37.3 Å². The third-order valence-corrected chi connectivity index (χ3v) is 7.27. The van der Waals surface area contributed by atoms with E-state index in [1.54, 1.807) is 13.1 Å². The molecule has 2 bridgehead atoms. The predicted molar refractivity (Wildman–Crippen MR) is 144 cm³/mol. The minimum Gasteiger partial charge on any atom is -0.477 e. The van der Waals surface area contributed by atoms with Crippen LogP contribution in [0.4, 0.5) is 4.79 Å². The van der Waals surface area contributed by atoms with Gasteiger partial charge < -0.3 is 31.6 Å². The lowest BCUT2D eigenvalue weighted by atomic mass is 9.62. The monoisotopic (exact) mass is 532 g/mol. The SMILES string of the molecule is CCC(=O)NC(C)(C)/C=C/n1ncc(C(=O)NC2C3CCCC2CC(N)(COC(N)=O)C3)c1OCC(C)C. The highest BCUT2D eigenvalue weighted by molar-refractivity contribution is 5.96. The van der Waals surface area contributed by atoms with Crippen molar-refractivity contribution < 1.29 is 23.9 Å². The van der Waals surface area contributed by atoms with Gasteiger partial charge in [0.2, 0.25) is 11.8 Å². The molecule has 38 heavy (non-hydrogen) atoms. The van der Waals surface area contributed by atoms with Gasteiger partial charge in [-0.3, -0.25) is 9.59 Å². The minimum absolute atomic E-state index is 0.0402. The van der Waals surface area contributed by atoms with Gasteiger partial charge in [-0.15, -0.1) is 0 Å². The Morgan fingerprint density at radius 2 is 1.92 bits per heavy atom. The number of carbonyl (C=O) groups is 3. The average Bonchev–Trinajstić information content (AvgIpc) is 3.23. The van der Waals surface area contributed by atoms with Crippen LogP contribution in [0.3, 0.4) is 0 Å². The molecule has 0 radical (unpaired) electrons. The highest BCUT2D eigenvalue weighted by atomic mass is 16.5. The van der Waals surface area contributed by atoms with Crippen molar-refractivity contribution in [1.29, 1.82) is 0 Å². The van der Waals surface area contributed by atoms with Crippen LogP contribution in [0.1, 0.15) is 83.5 Å². The zero-order chi connectivity index (χ0) is 28.1. The number of hydrogen-bond donors (Lipinski definition) is 4. The molecule has 2 saturated carbocycles. The third kappa shape index (κ3) is 7.72. The van der Waals surface area contributed by atoms with Crippen molar-refractivity contribution in [2.75, 3.05) is 13.2 Å². The summed E-state index contributed by atoms with van der Waals surface area (Å²) in [6, 6.07) is -0.0402. The van der Waals surface area contributed by atoms with Crippen molar-refractivity contribution in [3.05, 3.63) is 17.8 Å². The summed E-state index contributed by atoms with van der Waals surface area (Å²) < 4.78 is 12.6. The average molecular weight is 533 g/mol. The molecule has 2 aliphatic carbocycles. The smallest absolute Gasteiger partial charge is 0.404 e. The summed E-state index contributed by atoms with van der Waals surface area (Å²) in [6.45, 7) is 10.1. The van der Waals surface area contributed by atoms with Gasteiger partial charge in [0.25, 0.3) is 5.91 Å². The molecule has 6 N–H and O–H groups in total. The number of hydrogen-bond acceptors (Lipinski definition) is 7.